The van der Waals surface area contributed by atoms with Crippen molar-refractivity contribution in [3.63, 3.8) is 0 Å². The molecule has 1 atom stereocenters. The maximum atomic E-state index is 11.8. The van der Waals surface area contributed by atoms with Crippen LogP contribution in [0.2, 0.25) is 0 Å². The predicted octanol–water partition coefficient (Wildman–Crippen LogP) is 1.67. The minimum atomic E-state index is 0.209. The number of nitrogens with one attached hydrogen (secondary N) is 1. The maximum Gasteiger partial charge on any atom is 0.225 e. The summed E-state index contributed by atoms with van der Waals surface area (Å²) >= 11 is 1.61. The van der Waals surface area contributed by atoms with E-state index in [4.69, 9.17) is 0 Å². The van der Waals surface area contributed by atoms with Crippen LogP contribution in [-0.2, 0) is 11.2 Å². The maximum absolute atomic E-state index is 11.8. The molecule has 1 N–H and O–H groups in total. The Morgan fingerprint density at radius 3 is 3.00 bits per heavy atom. The summed E-state index contributed by atoms with van der Waals surface area (Å²) in [5.74, 6) is 0.285. The van der Waals surface area contributed by atoms with Gasteiger partial charge in [0, 0.05) is 25.4 Å². The van der Waals surface area contributed by atoms with Gasteiger partial charge in [-0.3, -0.25) is 4.79 Å². The lowest BCUT2D eigenvalue weighted by Crippen LogP contribution is -2.29. The first-order valence-corrected chi connectivity index (χ1v) is 7.46. The average molecular weight is 266 g/mol. The van der Waals surface area contributed by atoms with Crippen molar-refractivity contribution in [2.75, 3.05) is 11.9 Å². The van der Waals surface area contributed by atoms with Crippen LogP contribution in [0.4, 0.5) is 5.13 Å². The second kappa shape index (κ2) is 4.84. The molecule has 98 valence electrons. The van der Waals surface area contributed by atoms with Gasteiger partial charge in [-0.15, -0.1) is 10.2 Å². The molecule has 1 saturated carbocycles. The Hall–Kier alpha value is -1.17. The van der Waals surface area contributed by atoms with E-state index < -0.39 is 0 Å². The van der Waals surface area contributed by atoms with Gasteiger partial charge in [-0.1, -0.05) is 18.3 Å². The molecular formula is C12H18N4OS. The third kappa shape index (κ3) is 2.48. The van der Waals surface area contributed by atoms with Crippen LogP contribution in [0.25, 0.3) is 0 Å². The van der Waals surface area contributed by atoms with Crippen molar-refractivity contribution in [2.45, 2.75) is 51.1 Å². The molecule has 3 rings (SSSR count). The van der Waals surface area contributed by atoms with E-state index in [9.17, 15) is 4.79 Å². The second-order valence-corrected chi connectivity index (χ2v) is 6.14. The van der Waals surface area contributed by atoms with Gasteiger partial charge in [-0.05, 0) is 19.3 Å². The fraction of sp³-hybridized carbons (Fsp3) is 0.750. The summed E-state index contributed by atoms with van der Waals surface area (Å²) in [6.45, 7) is 2.96. The molecule has 2 heterocycles. The highest BCUT2D eigenvalue weighted by Crippen LogP contribution is 2.31. The van der Waals surface area contributed by atoms with Gasteiger partial charge in [0.1, 0.15) is 5.01 Å². The number of amides is 1. The Bertz CT molecular complexity index is 443. The fourth-order valence-electron chi connectivity index (χ4n) is 2.37. The third-order valence-electron chi connectivity index (χ3n) is 3.40. The molecule has 2 fully saturated rings. The molecule has 5 nitrogen and oxygen atoms in total. The Morgan fingerprint density at radius 1 is 1.44 bits per heavy atom. The van der Waals surface area contributed by atoms with Crippen molar-refractivity contribution >= 4 is 22.4 Å². The van der Waals surface area contributed by atoms with E-state index >= 15 is 0 Å². The summed E-state index contributed by atoms with van der Waals surface area (Å²) in [5, 5.41) is 13.6. The monoisotopic (exact) mass is 266 g/mol. The normalized spacial score (nSPS) is 23.7. The van der Waals surface area contributed by atoms with Gasteiger partial charge in [-0.2, -0.15) is 0 Å². The minimum Gasteiger partial charge on any atom is -0.355 e. The molecule has 1 amide bonds. The van der Waals surface area contributed by atoms with Crippen LogP contribution in [0.3, 0.4) is 0 Å². The van der Waals surface area contributed by atoms with Gasteiger partial charge in [-0.25, -0.2) is 0 Å². The molecule has 6 heteroatoms. The van der Waals surface area contributed by atoms with Crippen molar-refractivity contribution in [1.82, 2.24) is 15.1 Å². The molecule has 2 aliphatic rings. The standard InChI is InChI=1S/C12H18N4OS/c1-2-3-10-14-15-12(18-10)13-8-6-11(17)16(7-8)9-4-5-9/h8-9H,2-7H2,1H3,(H,13,15)/t8-/m1/s1. The lowest BCUT2D eigenvalue weighted by molar-refractivity contribution is -0.128. The van der Waals surface area contributed by atoms with Gasteiger partial charge in [0.2, 0.25) is 11.0 Å². The molecular weight excluding hydrogens is 248 g/mol. The molecule has 1 saturated heterocycles. The fourth-order valence-corrected chi connectivity index (χ4v) is 3.29. The molecule has 0 aromatic carbocycles. The molecule has 18 heavy (non-hydrogen) atoms. The van der Waals surface area contributed by atoms with E-state index in [1.54, 1.807) is 11.3 Å². The zero-order chi connectivity index (χ0) is 12.5. The summed E-state index contributed by atoms with van der Waals surface area (Å²) < 4.78 is 0. The number of carbonyl (C=O) groups excluding carboxylic acids is 1. The summed E-state index contributed by atoms with van der Waals surface area (Å²) in [7, 11) is 0. The lowest BCUT2D eigenvalue weighted by Gasteiger charge is -2.15. The number of aryl methyl sites for hydroxylation is 1. The molecule has 0 unspecified atom stereocenters. The minimum absolute atomic E-state index is 0.209. The number of rotatable bonds is 5. The van der Waals surface area contributed by atoms with Crippen LogP contribution in [0.1, 0.15) is 37.6 Å². The molecule has 1 aliphatic carbocycles. The van der Waals surface area contributed by atoms with Crippen LogP contribution in [0, 0.1) is 0 Å². The first kappa shape index (κ1) is 11.9. The average Bonchev–Trinajstić information content (AvgIpc) is 2.99. The van der Waals surface area contributed by atoms with Gasteiger partial charge in [0.15, 0.2) is 0 Å². The number of carbonyl (C=O) groups is 1. The van der Waals surface area contributed by atoms with Crippen molar-refractivity contribution in [3.05, 3.63) is 5.01 Å². The first-order valence-electron chi connectivity index (χ1n) is 6.64. The Labute approximate surface area is 111 Å². The van der Waals surface area contributed by atoms with Crippen LogP contribution in [0.15, 0.2) is 0 Å². The van der Waals surface area contributed by atoms with E-state index in [-0.39, 0.29) is 11.9 Å². The molecule has 1 aromatic heterocycles. The van der Waals surface area contributed by atoms with Crippen LogP contribution >= 0.6 is 11.3 Å². The van der Waals surface area contributed by atoms with Crippen LogP contribution in [-0.4, -0.2) is 39.6 Å². The summed E-state index contributed by atoms with van der Waals surface area (Å²) in [6.07, 6.45) is 5.03. The number of anilines is 1. The van der Waals surface area contributed by atoms with Crippen molar-refractivity contribution in [1.29, 1.82) is 0 Å². The Morgan fingerprint density at radius 2 is 2.28 bits per heavy atom. The van der Waals surface area contributed by atoms with E-state index in [1.165, 1.54) is 12.8 Å². The third-order valence-corrected chi connectivity index (χ3v) is 4.32. The van der Waals surface area contributed by atoms with Gasteiger partial charge < -0.3 is 10.2 Å². The lowest BCUT2D eigenvalue weighted by atomic mass is 10.3. The number of aromatic nitrogens is 2. The van der Waals surface area contributed by atoms with E-state index in [0.717, 1.165) is 29.5 Å². The number of hydrogen-bond donors (Lipinski definition) is 1. The smallest absolute Gasteiger partial charge is 0.225 e. The zero-order valence-corrected chi connectivity index (χ0v) is 11.4. The van der Waals surface area contributed by atoms with Crippen LogP contribution < -0.4 is 5.32 Å². The number of likely N-dealkylation sites (tertiary alicyclic amines) is 1. The molecule has 1 aliphatic heterocycles. The Balaban J connectivity index is 1.57. The zero-order valence-electron chi connectivity index (χ0n) is 10.6. The molecule has 0 radical (unpaired) electrons. The van der Waals surface area contributed by atoms with Gasteiger partial charge in [0.05, 0.1) is 6.04 Å². The highest BCUT2D eigenvalue weighted by atomic mass is 32.1. The number of hydrogen-bond acceptors (Lipinski definition) is 5. The predicted molar refractivity (Wildman–Crippen MR) is 70.7 cm³/mol. The Kier molecular flexibility index (Phi) is 3.20. The first-order chi connectivity index (χ1) is 8.76. The van der Waals surface area contributed by atoms with E-state index in [1.807, 2.05) is 4.90 Å². The van der Waals surface area contributed by atoms with Crippen molar-refractivity contribution in [3.8, 4) is 0 Å². The molecule has 0 spiro atoms. The van der Waals surface area contributed by atoms with Crippen LogP contribution in [0.5, 0.6) is 0 Å². The molecule has 1 aromatic rings. The molecule has 0 bridgehead atoms. The van der Waals surface area contributed by atoms with E-state index in [2.05, 4.69) is 22.4 Å². The summed E-state index contributed by atoms with van der Waals surface area (Å²) in [6, 6.07) is 0.731. The van der Waals surface area contributed by atoms with Gasteiger partial charge in [0.25, 0.3) is 0 Å². The summed E-state index contributed by atoms with van der Waals surface area (Å²) in [5.41, 5.74) is 0. The van der Waals surface area contributed by atoms with Crippen molar-refractivity contribution < 1.29 is 4.79 Å². The second-order valence-electron chi connectivity index (χ2n) is 5.07. The largest absolute Gasteiger partial charge is 0.355 e. The highest BCUT2D eigenvalue weighted by molar-refractivity contribution is 7.15. The topological polar surface area (TPSA) is 58.1 Å². The van der Waals surface area contributed by atoms with E-state index in [0.29, 0.717) is 12.5 Å². The van der Waals surface area contributed by atoms with Gasteiger partial charge >= 0.3 is 0 Å². The summed E-state index contributed by atoms with van der Waals surface area (Å²) in [4.78, 5) is 13.8. The SMILES string of the molecule is CCCc1nnc(N[C@@H]2CC(=O)N(C3CC3)C2)s1. The highest BCUT2D eigenvalue weighted by Gasteiger charge is 2.39. The quantitative estimate of drug-likeness (QED) is 0.880. The van der Waals surface area contributed by atoms with Crippen molar-refractivity contribution in [2.24, 2.45) is 0 Å². The number of nitrogens with zero attached hydrogens (tertiary/aromatic N) is 3.